The van der Waals surface area contributed by atoms with Gasteiger partial charge in [0.2, 0.25) is 5.13 Å². The van der Waals surface area contributed by atoms with E-state index < -0.39 is 17.8 Å². The fourth-order valence-electron chi connectivity index (χ4n) is 3.62. The summed E-state index contributed by atoms with van der Waals surface area (Å²) in [4.78, 5) is 16.9. The number of rotatable bonds is 5. The minimum absolute atomic E-state index is 0.0214. The van der Waals surface area contributed by atoms with Crippen LogP contribution in [0.5, 0.6) is 0 Å². The molecule has 0 aliphatic heterocycles. The minimum Gasteiger partial charge on any atom is -0.266 e. The van der Waals surface area contributed by atoms with Gasteiger partial charge in [-0.25, -0.2) is 15.1 Å². The summed E-state index contributed by atoms with van der Waals surface area (Å²) < 4.78 is 41.7. The van der Waals surface area contributed by atoms with E-state index in [0.29, 0.717) is 11.3 Å². The van der Waals surface area contributed by atoms with Gasteiger partial charge in [-0.3, -0.25) is 4.79 Å². The number of fused-ring (bicyclic) bond motifs is 1. The molecule has 0 unspecified atom stereocenters. The number of carbonyl (C=O) groups is 1. The van der Waals surface area contributed by atoms with Gasteiger partial charge in [0.05, 0.1) is 11.4 Å². The van der Waals surface area contributed by atoms with Crippen LogP contribution in [0.1, 0.15) is 28.7 Å². The van der Waals surface area contributed by atoms with Crippen LogP contribution in [-0.2, 0) is 6.18 Å². The Hall–Kier alpha value is -4.31. The van der Waals surface area contributed by atoms with Crippen molar-refractivity contribution in [3.05, 3.63) is 101 Å². The van der Waals surface area contributed by atoms with Crippen LogP contribution in [0.2, 0.25) is 0 Å². The van der Waals surface area contributed by atoms with E-state index in [2.05, 4.69) is 20.6 Å². The molecule has 6 nitrogen and oxygen atoms in total. The van der Waals surface area contributed by atoms with Crippen LogP contribution < -0.4 is 5.43 Å². The molecular formula is C26H18F3N5OS. The number of hydrogen-bond acceptors (Lipinski definition) is 5. The van der Waals surface area contributed by atoms with Gasteiger partial charge >= 0.3 is 6.18 Å². The Morgan fingerprint density at radius 3 is 2.44 bits per heavy atom. The second-order valence-electron chi connectivity index (χ2n) is 7.91. The van der Waals surface area contributed by atoms with Gasteiger partial charge in [0.15, 0.2) is 5.69 Å². The molecule has 180 valence electrons. The number of alkyl halides is 3. The third-order valence-corrected chi connectivity index (χ3v) is 6.28. The maximum atomic E-state index is 13.5. The van der Waals surface area contributed by atoms with Gasteiger partial charge in [0.1, 0.15) is 5.69 Å². The van der Waals surface area contributed by atoms with E-state index in [1.807, 2.05) is 60.7 Å². The fourth-order valence-corrected chi connectivity index (χ4v) is 4.39. The van der Waals surface area contributed by atoms with Crippen LogP contribution in [0.15, 0.2) is 89.3 Å². The fraction of sp³-hybridized carbons (Fsp3) is 0.0769. The molecule has 1 N–H and O–H groups in total. The van der Waals surface area contributed by atoms with Gasteiger partial charge in [-0.15, -0.1) is 11.3 Å². The highest BCUT2D eigenvalue weighted by Crippen LogP contribution is 2.34. The molecule has 5 rings (SSSR count). The minimum atomic E-state index is -4.64. The van der Waals surface area contributed by atoms with E-state index in [9.17, 15) is 18.0 Å². The average Bonchev–Trinajstić information content (AvgIpc) is 3.55. The highest BCUT2D eigenvalue weighted by atomic mass is 32.1. The smallest absolute Gasteiger partial charge is 0.266 e. The molecule has 0 fully saturated rings. The number of aromatic nitrogens is 3. The summed E-state index contributed by atoms with van der Waals surface area (Å²) >= 11 is 1.01. The van der Waals surface area contributed by atoms with E-state index >= 15 is 0 Å². The Kier molecular flexibility index (Phi) is 6.11. The van der Waals surface area contributed by atoms with Crippen molar-refractivity contribution in [1.82, 2.24) is 20.2 Å². The molecule has 10 heteroatoms. The van der Waals surface area contributed by atoms with E-state index in [0.717, 1.165) is 38.4 Å². The van der Waals surface area contributed by atoms with Gasteiger partial charge in [-0.1, -0.05) is 66.7 Å². The highest BCUT2D eigenvalue weighted by molar-refractivity contribution is 7.12. The Morgan fingerprint density at radius 2 is 1.69 bits per heavy atom. The zero-order valence-electron chi connectivity index (χ0n) is 18.8. The summed E-state index contributed by atoms with van der Waals surface area (Å²) in [5, 5.41) is 11.3. The Labute approximate surface area is 207 Å². The number of hydrogen-bond donors (Lipinski definition) is 1. The first-order valence-electron chi connectivity index (χ1n) is 10.8. The highest BCUT2D eigenvalue weighted by Gasteiger charge is 2.35. The molecular weight excluding hydrogens is 487 g/mol. The van der Waals surface area contributed by atoms with E-state index in [1.54, 1.807) is 19.1 Å². The second-order valence-corrected chi connectivity index (χ2v) is 8.74. The molecule has 0 saturated heterocycles. The molecule has 2 heterocycles. The quantitative estimate of drug-likeness (QED) is 0.224. The standard InChI is InChI=1S/C26H18F3N5OS/c1-16(17-7-3-2-4-8-17)31-32-24(35)21-15-36-25(30-21)34-22(14-23(33-34)26(27,28)29)20-12-11-18-9-5-6-10-19(18)13-20/h2-15H,1H3,(H,32,35). The third kappa shape index (κ3) is 4.76. The number of nitrogens with one attached hydrogen (secondary N) is 1. The number of amides is 1. The zero-order chi connectivity index (χ0) is 25.3. The molecule has 1 amide bonds. The normalized spacial score (nSPS) is 12.2. The van der Waals surface area contributed by atoms with Gasteiger partial charge in [0, 0.05) is 10.9 Å². The Bertz CT molecular complexity index is 1590. The number of carbonyl (C=O) groups excluding carboxylic acids is 1. The molecule has 0 radical (unpaired) electrons. The molecule has 0 aliphatic carbocycles. The monoisotopic (exact) mass is 505 g/mol. The van der Waals surface area contributed by atoms with Gasteiger partial charge in [-0.2, -0.15) is 23.4 Å². The van der Waals surface area contributed by atoms with Crippen LogP contribution >= 0.6 is 11.3 Å². The van der Waals surface area contributed by atoms with Crippen molar-refractivity contribution in [2.75, 3.05) is 0 Å². The molecule has 0 aliphatic rings. The first kappa shape index (κ1) is 23.4. The summed E-state index contributed by atoms with van der Waals surface area (Å²) in [6.45, 7) is 1.75. The molecule has 2 aromatic heterocycles. The first-order chi connectivity index (χ1) is 17.3. The Morgan fingerprint density at radius 1 is 0.972 bits per heavy atom. The zero-order valence-corrected chi connectivity index (χ0v) is 19.6. The second kappa shape index (κ2) is 9.38. The van der Waals surface area contributed by atoms with Crippen LogP contribution in [-0.4, -0.2) is 26.4 Å². The van der Waals surface area contributed by atoms with Crippen molar-refractivity contribution in [1.29, 1.82) is 0 Å². The molecule has 0 atom stereocenters. The summed E-state index contributed by atoms with van der Waals surface area (Å²) in [5.41, 5.74) is 3.61. The van der Waals surface area contributed by atoms with Crippen molar-refractivity contribution in [3.63, 3.8) is 0 Å². The molecule has 0 saturated carbocycles. The van der Waals surface area contributed by atoms with Crippen molar-refractivity contribution in [3.8, 4) is 16.4 Å². The summed E-state index contributed by atoms with van der Waals surface area (Å²) in [7, 11) is 0. The number of nitrogens with zero attached hydrogens (tertiary/aromatic N) is 4. The maximum Gasteiger partial charge on any atom is 0.435 e. The molecule has 0 spiro atoms. The SMILES string of the molecule is CC(=NNC(=O)c1csc(-n2nc(C(F)(F)F)cc2-c2ccc3ccccc3c2)n1)c1ccccc1. The lowest BCUT2D eigenvalue weighted by Gasteiger charge is -2.06. The topological polar surface area (TPSA) is 72.2 Å². The third-order valence-electron chi connectivity index (χ3n) is 5.47. The molecule has 3 aromatic carbocycles. The average molecular weight is 506 g/mol. The van der Waals surface area contributed by atoms with Crippen molar-refractivity contribution >= 4 is 33.7 Å². The predicted octanol–water partition coefficient (Wildman–Crippen LogP) is 6.32. The summed E-state index contributed by atoms with van der Waals surface area (Å²) in [6.07, 6.45) is -4.64. The van der Waals surface area contributed by atoms with E-state index in [-0.39, 0.29) is 16.5 Å². The molecule has 5 aromatic rings. The van der Waals surface area contributed by atoms with E-state index in [4.69, 9.17) is 0 Å². The van der Waals surface area contributed by atoms with Crippen LogP contribution in [0, 0.1) is 0 Å². The largest absolute Gasteiger partial charge is 0.435 e. The lowest BCUT2D eigenvalue weighted by atomic mass is 10.0. The lowest BCUT2D eigenvalue weighted by molar-refractivity contribution is -0.141. The molecule has 36 heavy (non-hydrogen) atoms. The summed E-state index contributed by atoms with van der Waals surface area (Å²) in [6, 6.07) is 23.2. The molecule has 0 bridgehead atoms. The number of thiazole rings is 1. The van der Waals surface area contributed by atoms with Crippen molar-refractivity contribution < 1.29 is 18.0 Å². The van der Waals surface area contributed by atoms with Crippen molar-refractivity contribution in [2.45, 2.75) is 13.1 Å². The first-order valence-corrected chi connectivity index (χ1v) is 11.7. The summed E-state index contributed by atoms with van der Waals surface area (Å²) in [5.74, 6) is -0.580. The number of benzene rings is 3. The predicted molar refractivity (Wildman–Crippen MR) is 133 cm³/mol. The van der Waals surface area contributed by atoms with E-state index in [1.165, 1.54) is 5.38 Å². The van der Waals surface area contributed by atoms with Gasteiger partial charge in [0.25, 0.3) is 5.91 Å². The number of halogens is 3. The van der Waals surface area contributed by atoms with Gasteiger partial charge < -0.3 is 0 Å². The lowest BCUT2D eigenvalue weighted by Crippen LogP contribution is -2.19. The Balaban J connectivity index is 1.48. The van der Waals surface area contributed by atoms with Crippen LogP contribution in [0.25, 0.3) is 27.2 Å². The number of hydrazone groups is 1. The van der Waals surface area contributed by atoms with Crippen molar-refractivity contribution in [2.24, 2.45) is 5.10 Å². The maximum absolute atomic E-state index is 13.5. The van der Waals surface area contributed by atoms with Gasteiger partial charge in [-0.05, 0) is 35.4 Å². The van der Waals surface area contributed by atoms with Crippen LogP contribution in [0.4, 0.5) is 13.2 Å². The van der Waals surface area contributed by atoms with Crippen LogP contribution in [0.3, 0.4) is 0 Å².